The van der Waals surface area contributed by atoms with Crippen LogP contribution in [0.3, 0.4) is 0 Å². The molecule has 1 atom stereocenters. The topological polar surface area (TPSA) is 75.3 Å². The third-order valence-corrected chi connectivity index (χ3v) is 4.83. The van der Waals surface area contributed by atoms with Crippen LogP contribution in [0.2, 0.25) is 0 Å². The molecule has 104 valence electrons. The maximum Gasteiger partial charge on any atom is 0.240 e. The Kier molecular flexibility index (Phi) is 3.70. The van der Waals surface area contributed by atoms with Gasteiger partial charge in [-0.2, -0.15) is 0 Å². The molecule has 2 aliphatic carbocycles. The van der Waals surface area contributed by atoms with E-state index in [9.17, 15) is 9.90 Å². The average molecular weight is 254 g/mol. The Bertz CT molecular complexity index is 316. The number of aliphatic hydroxyl groups excluding tert-OH is 1. The molecule has 0 heterocycles. The van der Waals surface area contributed by atoms with Gasteiger partial charge < -0.3 is 16.2 Å². The molecular formula is C14H26N2O2. The minimum absolute atomic E-state index is 0.0200. The highest BCUT2D eigenvalue weighted by Gasteiger charge is 2.46. The van der Waals surface area contributed by atoms with E-state index in [1.54, 1.807) is 0 Å². The van der Waals surface area contributed by atoms with Crippen LogP contribution in [0.25, 0.3) is 0 Å². The van der Waals surface area contributed by atoms with Gasteiger partial charge >= 0.3 is 0 Å². The summed E-state index contributed by atoms with van der Waals surface area (Å²) in [6.07, 6.45) is 5.93. The van der Waals surface area contributed by atoms with E-state index in [0.29, 0.717) is 11.8 Å². The second-order valence-electron chi connectivity index (χ2n) is 6.63. The van der Waals surface area contributed by atoms with Crippen molar-refractivity contribution in [2.75, 3.05) is 6.61 Å². The van der Waals surface area contributed by atoms with E-state index in [1.807, 2.05) is 6.92 Å². The Hall–Kier alpha value is -0.610. The normalized spacial score (nSPS) is 35.9. The van der Waals surface area contributed by atoms with Crippen molar-refractivity contribution in [3.63, 3.8) is 0 Å². The van der Waals surface area contributed by atoms with Crippen LogP contribution in [0, 0.1) is 11.8 Å². The lowest BCUT2D eigenvalue weighted by molar-refractivity contribution is -0.129. The fourth-order valence-corrected chi connectivity index (χ4v) is 2.88. The molecule has 18 heavy (non-hydrogen) atoms. The molecule has 1 unspecified atom stereocenters. The lowest BCUT2D eigenvalue weighted by Crippen LogP contribution is -2.62. The largest absolute Gasteiger partial charge is 0.394 e. The minimum atomic E-state index is -0.773. The van der Waals surface area contributed by atoms with E-state index in [1.165, 1.54) is 0 Å². The Balaban J connectivity index is 1.99. The summed E-state index contributed by atoms with van der Waals surface area (Å²) >= 11 is 0. The molecule has 0 spiro atoms. The predicted octanol–water partition coefficient (Wildman–Crippen LogP) is 1.17. The highest BCUT2D eigenvalue weighted by Crippen LogP contribution is 2.39. The molecule has 2 saturated carbocycles. The molecule has 0 aliphatic heterocycles. The Morgan fingerprint density at radius 1 is 1.39 bits per heavy atom. The van der Waals surface area contributed by atoms with Crippen molar-refractivity contribution in [3.8, 4) is 0 Å². The molecule has 2 fully saturated rings. The number of carbonyl (C=O) groups is 1. The fourth-order valence-electron chi connectivity index (χ4n) is 2.88. The van der Waals surface area contributed by atoms with E-state index in [0.717, 1.165) is 38.5 Å². The Labute approximate surface area is 109 Å². The Morgan fingerprint density at radius 2 is 1.94 bits per heavy atom. The Morgan fingerprint density at radius 3 is 2.39 bits per heavy atom. The monoisotopic (exact) mass is 254 g/mol. The number of nitrogens with one attached hydrogen (secondary N) is 1. The third kappa shape index (κ3) is 2.69. The SMILES string of the molecule is CC1CCC(CO)(NC(=O)C(C)(N)C2CC2)CC1. The van der Waals surface area contributed by atoms with Crippen LogP contribution in [0.5, 0.6) is 0 Å². The maximum atomic E-state index is 12.3. The fraction of sp³-hybridized carbons (Fsp3) is 0.929. The van der Waals surface area contributed by atoms with E-state index >= 15 is 0 Å². The first kappa shape index (κ1) is 13.8. The molecule has 4 heteroatoms. The standard InChI is InChI=1S/C14H26N2O2/c1-10-5-7-14(9-17,8-6-10)16-12(18)13(2,15)11-3-4-11/h10-11,17H,3-9,15H2,1-2H3,(H,16,18). The number of amides is 1. The van der Waals surface area contributed by atoms with Gasteiger partial charge in [-0.25, -0.2) is 0 Å². The van der Waals surface area contributed by atoms with Gasteiger partial charge in [-0.15, -0.1) is 0 Å². The molecule has 0 aromatic heterocycles. The number of hydrogen-bond donors (Lipinski definition) is 3. The summed E-state index contributed by atoms with van der Waals surface area (Å²) in [6.45, 7) is 4.06. The maximum absolute atomic E-state index is 12.3. The zero-order valence-electron chi connectivity index (χ0n) is 11.5. The number of carbonyl (C=O) groups excluding carboxylic acids is 1. The van der Waals surface area contributed by atoms with Gasteiger partial charge in [-0.3, -0.25) is 4.79 Å². The molecule has 4 nitrogen and oxygen atoms in total. The lowest BCUT2D eigenvalue weighted by Gasteiger charge is -2.40. The van der Waals surface area contributed by atoms with Gasteiger partial charge in [0.05, 0.1) is 17.7 Å². The van der Waals surface area contributed by atoms with Crippen LogP contribution >= 0.6 is 0 Å². The lowest BCUT2D eigenvalue weighted by atomic mass is 9.77. The van der Waals surface area contributed by atoms with Crippen LogP contribution in [-0.4, -0.2) is 28.7 Å². The van der Waals surface area contributed by atoms with Gasteiger partial charge in [0.15, 0.2) is 0 Å². The molecule has 0 bridgehead atoms. The van der Waals surface area contributed by atoms with E-state index in [2.05, 4.69) is 12.2 Å². The van der Waals surface area contributed by atoms with Gasteiger partial charge in [0.1, 0.15) is 0 Å². The number of rotatable bonds is 4. The molecule has 4 N–H and O–H groups in total. The summed E-state index contributed by atoms with van der Waals surface area (Å²) in [5.74, 6) is 0.915. The first-order valence-corrected chi connectivity index (χ1v) is 7.12. The summed E-state index contributed by atoms with van der Waals surface area (Å²) in [5.41, 5.74) is 4.93. The minimum Gasteiger partial charge on any atom is -0.394 e. The van der Waals surface area contributed by atoms with Crippen molar-refractivity contribution in [2.45, 2.75) is 63.5 Å². The van der Waals surface area contributed by atoms with Crippen LogP contribution < -0.4 is 11.1 Å². The van der Waals surface area contributed by atoms with Gasteiger partial charge in [-0.1, -0.05) is 6.92 Å². The molecule has 0 radical (unpaired) electrons. The van der Waals surface area contributed by atoms with Gasteiger partial charge in [0.25, 0.3) is 0 Å². The molecule has 2 rings (SSSR count). The van der Waals surface area contributed by atoms with Crippen molar-refractivity contribution in [1.82, 2.24) is 5.32 Å². The summed E-state index contributed by atoms with van der Waals surface area (Å²) in [4.78, 5) is 12.3. The summed E-state index contributed by atoms with van der Waals surface area (Å²) in [5, 5.41) is 12.7. The number of hydrogen-bond acceptors (Lipinski definition) is 3. The van der Waals surface area contributed by atoms with Gasteiger partial charge in [-0.05, 0) is 57.3 Å². The second-order valence-corrected chi connectivity index (χ2v) is 6.63. The molecule has 0 saturated heterocycles. The summed E-state index contributed by atoms with van der Waals surface area (Å²) in [6, 6.07) is 0. The van der Waals surface area contributed by atoms with E-state index in [4.69, 9.17) is 5.73 Å². The van der Waals surface area contributed by atoms with Crippen LogP contribution in [0.4, 0.5) is 0 Å². The van der Waals surface area contributed by atoms with Crippen molar-refractivity contribution >= 4 is 5.91 Å². The summed E-state index contributed by atoms with van der Waals surface area (Å²) < 4.78 is 0. The predicted molar refractivity (Wildman–Crippen MR) is 70.9 cm³/mol. The molecule has 0 aromatic carbocycles. The highest BCUT2D eigenvalue weighted by molar-refractivity contribution is 5.87. The zero-order chi connectivity index (χ0) is 13.4. The van der Waals surface area contributed by atoms with Gasteiger partial charge in [0.2, 0.25) is 5.91 Å². The number of nitrogens with two attached hydrogens (primary N) is 1. The quantitative estimate of drug-likeness (QED) is 0.705. The van der Waals surface area contributed by atoms with Crippen molar-refractivity contribution in [2.24, 2.45) is 17.6 Å². The van der Waals surface area contributed by atoms with Crippen molar-refractivity contribution in [3.05, 3.63) is 0 Å². The van der Waals surface area contributed by atoms with Crippen molar-refractivity contribution < 1.29 is 9.90 Å². The molecule has 1 amide bonds. The van der Waals surface area contributed by atoms with Crippen molar-refractivity contribution in [1.29, 1.82) is 0 Å². The van der Waals surface area contributed by atoms with Crippen LogP contribution in [0.15, 0.2) is 0 Å². The van der Waals surface area contributed by atoms with E-state index < -0.39 is 11.1 Å². The highest BCUT2D eigenvalue weighted by atomic mass is 16.3. The molecule has 0 aromatic rings. The number of aliphatic hydroxyl groups is 1. The van der Waals surface area contributed by atoms with E-state index in [-0.39, 0.29) is 12.5 Å². The smallest absolute Gasteiger partial charge is 0.240 e. The average Bonchev–Trinajstić information content (AvgIpc) is 3.16. The van der Waals surface area contributed by atoms with Crippen LogP contribution in [-0.2, 0) is 4.79 Å². The summed E-state index contributed by atoms with van der Waals surface area (Å²) in [7, 11) is 0. The second kappa shape index (κ2) is 4.82. The third-order valence-electron chi connectivity index (χ3n) is 4.83. The first-order valence-electron chi connectivity index (χ1n) is 7.12. The zero-order valence-corrected chi connectivity index (χ0v) is 11.5. The molecular weight excluding hydrogens is 228 g/mol. The van der Waals surface area contributed by atoms with Gasteiger partial charge in [0, 0.05) is 0 Å². The first-order chi connectivity index (χ1) is 8.39. The van der Waals surface area contributed by atoms with Crippen LogP contribution in [0.1, 0.15) is 52.4 Å². The molecule has 2 aliphatic rings.